The average Bonchev–Trinajstić information content (AvgIpc) is 2.56. The number of nitrogens with zero attached hydrogens (tertiary/aromatic N) is 1. The molecule has 1 heterocycles. The monoisotopic (exact) mass is 373 g/mol. The number of anilines is 1. The van der Waals surface area contributed by atoms with E-state index in [4.69, 9.17) is 10.9 Å². The van der Waals surface area contributed by atoms with Gasteiger partial charge in [-0.1, -0.05) is 12.1 Å². The fraction of sp³-hybridized carbons (Fsp3) is 0. The number of nitrogen functional groups attached to an aromatic ring is 1. The van der Waals surface area contributed by atoms with Crippen molar-refractivity contribution in [2.45, 2.75) is 4.90 Å². The first-order valence-electron chi connectivity index (χ1n) is 7.07. The molecule has 1 aromatic carbocycles. The van der Waals surface area contributed by atoms with Crippen molar-refractivity contribution in [3.63, 3.8) is 0 Å². The second-order valence-electron chi connectivity index (χ2n) is 5.40. The van der Waals surface area contributed by atoms with Gasteiger partial charge in [0.15, 0.2) is 11.6 Å². The van der Waals surface area contributed by atoms with Crippen molar-refractivity contribution in [1.29, 1.82) is 0 Å². The predicted octanol–water partition coefficient (Wildman–Crippen LogP) is 0.472. The van der Waals surface area contributed by atoms with E-state index in [9.17, 15) is 27.9 Å². The van der Waals surface area contributed by atoms with Crippen LogP contribution in [0.15, 0.2) is 41.4 Å². The lowest BCUT2D eigenvalue weighted by atomic mass is 9.85. The van der Waals surface area contributed by atoms with Gasteiger partial charge in [0.05, 0.1) is 10.5 Å². The number of primary sulfonamides is 1. The van der Waals surface area contributed by atoms with Crippen molar-refractivity contribution in [3.8, 4) is 0 Å². The second kappa shape index (κ2) is 5.86. The Balaban J connectivity index is 2.28. The number of carboxylic acids is 1. The molecular formula is C16H11N3O6S. The van der Waals surface area contributed by atoms with E-state index in [1.165, 1.54) is 24.4 Å². The van der Waals surface area contributed by atoms with Gasteiger partial charge in [-0.15, -0.1) is 0 Å². The van der Waals surface area contributed by atoms with Crippen LogP contribution in [0.5, 0.6) is 0 Å². The molecule has 1 aliphatic rings. The molecule has 1 aromatic heterocycles. The van der Waals surface area contributed by atoms with Gasteiger partial charge in [-0.2, -0.15) is 0 Å². The number of fused-ring (bicyclic) bond motifs is 1. The van der Waals surface area contributed by atoms with Crippen molar-refractivity contribution in [2.24, 2.45) is 5.14 Å². The van der Waals surface area contributed by atoms with Crippen LogP contribution in [-0.2, 0) is 10.0 Å². The summed E-state index contributed by atoms with van der Waals surface area (Å²) in [6, 6.07) is 4.89. The molecular weight excluding hydrogens is 362 g/mol. The SMILES string of the molecule is Nc1nccc(C2=CC(=O)c3c(cccc3S(N)(=O)=O)C2=O)c1C(=O)O. The zero-order chi connectivity index (χ0) is 19.2. The van der Waals surface area contributed by atoms with E-state index in [1.807, 2.05) is 0 Å². The van der Waals surface area contributed by atoms with Crippen molar-refractivity contribution >= 4 is 39.0 Å². The molecule has 0 spiro atoms. The quantitative estimate of drug-likeness (QED) is 0.697. The van der Waals surface area contributed by atoms with Crippen LogP contribution in [0.2, 0.25) is 0 Å². The third-order valence-corrected chi connectivity index (χ3v) is 4.78. The van der Waals surface area contributed by atoms with E-state index in [2.05, 4.69) is 4.98 Å². The Kier molecular flexibility index (Phi) is 3.93. The Labute approximate surface area is 147 Å². The number of Topliss-reactive ketones (excluding diaryl/α,β-unsaturated/α-hetero) is 1. The minimum Gasteiger partial charge on any atom is -0.478 e. The number of aromatic nitrogens is 1. The highest BCUT2D eigenvalue weighted by Gasteiger charge is 2.33. The molecule has 0 atom stereocenters. The Bertz CT molecular complexity index is 1130. The third kappa shape index (κ3) is 2.66. The number of hydrogen-bond donors (Lipinski definition) is 3. The lowest BCUT2D eigenvalue weighted by Gasteiger charge is -2.18. The van der Waals surface area contributed by atoms with Crippen molar-refractivity contribution in [1.82, 2.24) is 4.98 Å². The Morgan fingerprint density at radius 3 is 2.42 bits per heavy atom. The number of carbonyl (C=O) groups is 3. The number of rotatable bonds is 3. The van der Waals surface area contributed by atoms with E-state index in [0.717, 1.165) is 12.1 Å². The standard InChI is InChI=1S/C16H11N3O6S/c17-15-13(16(22)23)7(4-5-19-15)9-6-10(20)12-8(14(9)21)2-1-3-11(12)26(18,24)25/h1-6H,(H2,17,19)(H,22,23)(H2,18,24,25). The molecule has 2 aromatic rings. The van der Waals surface area contributed by atoms with Crippen LogP contribution in [-0.4, -0.2) is 36.0 Å². The van der Waals surface area contributed by atoms with Crippen molar-refractivity contribution in [3.05, 3.63) is 58.8 Å². The third-order valence-electron chi connectivity index (χ3n) is 3.83. The summed E-state index contributed by atoms with van der Waals surface area (Å²) in [7, 11) is -4.24. The number of sulfonamides is 1. The Morgan fingerprint density at radius 1 is 1.12 bits per heavy atom. The van der Waals surface area contributed by atoms with Crippen molar-refractivity contribution in [2.75, 3.05) is 5.73 Å². The fourth-order valence-corrected chi connectivity index (χ4v) is 3.52. The highest BCUT2D eigenvalue weighted by Crippen LogP contribution is 2.33. The number of allylic oxidation sites excluding steroid dienone is 2. The predicted molar refractivity (Wildman–Crippen MR) is 90.1 cm³/mol. The molecule has 0 aliphatic heterocycles. The highest BCUT2D eigenvalue weighted by atomic mass is 32.2. The molecule has 0 fully saturated rings. The van der Waals surface area contributed by atoms with Gasteiger partial charge in [0.2, 0.25) is 10.0 Å². The largest absolute Gasteiger partial charge is 0.478 e. The molecule has 0 radical (unpaired) electrons. The van der Waals surface area contributed by atoms with Crippen LogP contribution in [0.4, 0.5) is 5.82 Å². The molecule has 0 amide bonds. The van der Waals surface area contributed by atoms with Crippen LogP contribution >= 0.6 is 0 Å². The number of nitrogens with two attached hydrogens (primary N) is 2. The summed E-state index contributed by atoms with van der Waals surface area (Å²) >= 11 is 0. The number of aromatic carboxylic acids is 1. The zero-order valence-electron chi connectivity index (χ0n) is 13.0. The van der Waals surface area contributed by atoms with Crippen LogP contribution in [0.1, 0.15) is 36.6 Å². The number of hydrogen-bond acceptors (Lipinski definition) is 7. The maximum Gasteiger partial charge on any atom is 0.340 e. The average molecular weight is 373 g/mol. The number of benzene rings is 1. The van der Waals surface area contributed by atoms with Crippen LogP contribution in [0.25, 0.3) is 5.57 Å². The molecule has 3 rings (SSSR count). The van der Waals surface area contributed by atoms with Crippen LogP contribution < -0.4 is 10.9 Å². The van der Waals surface area contributed by atoms with E-state index in [-0.39, 0.29) is 28.1 Å². The lowest BCUT2D eigenvalue weighted by Crippen LogP contribution is -2.23. The number of ketones is 2. The second-order valence-corrected chi connectivity index (χ2v) is 6.93. The topological polar surface area (TPSA) is 171 Å². The zero-order valence-corrected chi connectivity index (χ0v) is 13.8. The molecule has 9 nitrogen and oxygen atoms in total. The maximum atomic E-state index is 12.8. The molecule has 26 heavy (non-hydrogen) atoms. The summed E-state index contributed by atoms with van der Waals surface area (Å²) in [6.45, 7) is 0. The number of carboxylic acid groups (broad SMARTS) is 1. The molecule has 1 aliphatic carbocycles. The van der Waals surface area contributed by atoms with E-state index in [1.54, 1.807) is 0 Å². The van der Waals surface area contributed by atoms with Gasteiger partial charge in [0, 0.05) is 22.9 Å². The van der Waals surface area contributed by atoms with E-state index >= 15 is 0 Å². The van der Waals surface area contributed by atoms with Gasteiger partial charge in [-0.3, -0.25) is 9.59 Å². The van der Waals surface area contributed by atoms with Crippen LogP contribution in [0, 0.1) is 0 Å². The molecule has 132 valence electrons. The maximum absolute atomic E-state index is 12.8. The lowest BCUT2D eigenvalue weighted by molar-refractivity contribution is 0.0697. The highest BCUT2D eigenvalue weighted by molar-refractivity contribution is 7.89. The fourth-order valence-electron chi connectivity index (χ4n) is 2.75. The van der Waals surface area contributed by atoms with Crippen molar-refractivity contribution < 1.29 is 27.9 Å². The van der Waals surface area contributed by atoms with Gasteiger partial charge in [0.25, 0.3) is 0 Å². The Hall–Kier alpha value is -3.37. The molecule has 0 saturated carbocycles. The van der Waals surface area contributed by atoms with Gasteiger partial charge in [-0.05, 0) is 18.2 Å². The van der Waals surface area contributed by atoms with Crippen LogP contribution in [0.3, 0.4) is 0 Å². The summed E-state index contributed by atoms with van der Waals surface area (Å²) in [5.41, 5.74) is 4.31. The minimum atomic E-state index is -4.24. The minimum absolute atomic E-state index is 0.0880. The van der Waals surface area contributed by atoms with Gasteiger partial charge >= 0.3 is 5.97 Å². The van der Waals surface area contributed by atoms with Gasteiger partial charge in [-0.25, -0.2) is 23.3 Å². The molecule has 10 heteroatoms. The van der Waals surface area contributed by atoms with E-state index < -0.39 is 38.0 Å². The first-order chi connectivity index (χ1) is 12.1. The number of pyridine rings is 1. The molecule has 0 bridgehead atoms. The molecule has 0 saturated heterocycles. The first-order valence-corrected chi connectivity index (χ1v) is 8.62. The van der Waals surface area contributed by atoms with E-state index in [0.29, 0.717) is 0 Å². The Morgan fingerprint density at radius 2 is 1.81 bits per heavy atom. The summed E-state index contributed by atoms with van der Waals surface area (Å²) in [4.78, 5) is 40.0. The van der Waals surface area contributed by atoms with Gasteiger partial charge in [0.1, 0.15) is 11.4 Å². The molecule has 0 unspecified atom stereocenters. The number of carbonyl (C=O) groups excluding carboxylic acids is 2. The van der Waals surface area contributed by atoms with Gasteiger partial charge < -0.3 is 10.8 Å². The summed E-state index contributed by atoms with van der Waals surface area (Å²) in [5.74, 6) is -3.25. The molecule has 5 N–H and O–H groups in total. The first kappa shape index (κ1) is 17.5. The normalized spacial score (nSPS) is 14.0. The summed E-state index contributed by atoms with van der Waals surface area (Å²) in [6.07, 6.45) is 2.08. The smallest absolute Gasteiger partial charge is 0.340 e. The summed E-state index contributed by atoms with van der Waals surface area (Å²) < 4.78 is 23.4. The summed E-state index contributed by atoms with van der Waals surface area (Å²) in [5, 5.41) is 14.4.